The Labute approximate surface area is 185 Å². The highest BCUT2D eigenvalue weighted by Crippen LogP contribution is 2.30. The molecule has 0 bridgehead atoms. The van der Waals surface area contributed by atoms with Gasteiger partial charge in [-0.05, 0) is 67.8 Å². The first-order chi connectivity index (χ1) is 15.0. The van der Waals surface area contributed by atoms with Crippen LogP contribution in [0.15, 0.2) is 47.4 Å². The van der Waals surface area contributed by atoms with Gasteiger partial charge in [0, 0.05) is 11.7 Å². The molecule has 0 aromatic heterocycles. The number of ether oxygens (including phenoxy) is 1. The van der Waals surface area contributed by atoms with Crippen molar-refractivity contribution in [2.45, 2.75) is 56.1 Å². The minimum Gasteiger partial charge on any atom is -0.483 e. The molecule has 0 heterocycles. The lowest BCUT2D eigenvalue weighted by Crippen LogP contribution is -2.36. The molecule has 174 valence electrons. The van der Waals surface area contributed by atoms with E-state index in [1.165, 1.54) is 18.2 Å². The van der Waals surface area contributed by atoms with Crippen molar-refractivity contribution in [3.05, 3.63) is 53.6 Å². The Morgan fingerprint density at radius 3 is 2.31 bits per heavy atom. The zero-order chi connectivity index (χ0) is 23.4. The SMILES string of the molecule is Cc1cc(S(=O)(=O)NC2CCCCC2)ccc1OCC(=O)Nc1ccc(C(F)(F)F)cc1. The summed E-state index contributed by atoms with van der Waals surface area (Å²) in [6, 6.07) is 8.39. The Morgan fingerprint density at radius 2 is 1.72 bits per heavy atom. The monoisotopic (exact) mass is 470 g/mol. The van der Waals surface area contributed by atoms with E-state index < -0.39 is 27.7 Å². The number of hydrogen-bond donors (Lipinski definition) is 2. The number of amides is 1. The van der Waals surface area contributed by atoms with Gasteiger partial charge in [0.05, 0.1) is 10.5 Å². The van der Waals surface area contributed by atoms with Gasteiger partial charge < -0.3 is 10.1 Å². The van der Waals surface area contributed by atoms with E-state index in [2.05, 4.69) is 10.0 Å². The quantitative estimate of drug-likeness (QED) is 0.617. The maximum atomic E-state index is 12.6. The lowest BCUT2D eigenvalue weighted by Gasteiger charge is -2.22. The molecule has 0 atom stereocenters. The number of aryl methyl sites for hydroxylation is 1. The number of hydrogen-bond acceptors (Lipinski definition) is 4. The maximum absolute atomic E-state index is 12.6. The molecular weight excluding hydrogens is 445 g/mol. The lowest BCUT2D eigenvalue weighted by atomic mass is 9.96. The minimum absolute atomic E-state index is 0.0566. The van der Waals surface area contributed by atoms with Gasteiger partial charge in [0.15, 0.2) is 6.61 Å². The number of benzene rings is 2. The summed E-state index contributed by atoms with van der Waals surface area (Å²) in [5.41, 5.74) is -0.0622. The van der Waals surface area contributed by atoms with E-state index in [9.17, 15) is 26.4 Å². The van der Waals surface area contributed by atoms with Crippen molar-refractivity contribution in [1.82, 2.24) is 4.72 Å². The predicted molar refractivity (Wildman–Crippen MR) is 114 cm³/mol. The Balaban J connectivity index is 1.56. The molecule has 0 unspecified atom stereocenters. The van der Waals surface area contributed by atoms with Gasteiger partial charge in [0.2, 0.25) is 10.0 Å². The van der Waals surface area contributed by atoms with E-state index in [1.807, 2.05) is 0 Å². The summed E-state index contributed by atoms with van der Waals surface area (Å²) < 4.78 is 71.3. The fourth-order valence-corrected chi connectivity index (χ4v) is 4.93. The Bertz CT molecular complexity index is 1050. The van der Waals surface area contributed by atoms with Gasteiger partial charge in [-0.15, -0.1) is 0 Å². The van der Waals surface area contributed by atoms with Gasteiger partial charge in [-0.2, -0.15) is 13.2 Å². The molecule has 6 nitrogen and oxygen atoms in total. The van der Waals surface area contributed by atoms with Crippen LogP contribution in [0.4, 0.5) is 18.9 Å². The first-order valence-electron chi connectivity index (χ1n) is 10.3. The summed E-state index contributed by atoms with van der Waals surface area (Å²) in [5.74, 6) is -0.219. The summed E-state index contributed by atoms with van der Waals surface area (Å²) in [6.07, 6.45) is 0.340. The normalized spacial score (nSPS) is 15.4. The highest BCUT2D eigenvalue weighted by molar-refractivity contribution is 7.89. The molecule has 0 radical (unpaired) electrons. The van der Waals surface area contributed by atoms with Crippen LogP contribution < -0.4 is 14.8 Å². The summed E-state index contributed by atoms with van der Waals surface area (Å²) >= 11 is 0. The lowest BCUT2D eigenvalue weighted by molar-refractivity contribution is -0.137. The third-order valence-corrected chi connectivity index (χ3v) is 6.76. The van der Waals surface area contributed by atoms with Crippen LogP contribution in [0.3, 0.4) is 0 Å². The Hall–Kier alpha value is -2.59. The number of carbonyl (C=O) groups excluding carboxylic acids is 1. The van der Waals surface area contributed by atoms with Crippen molar-refractivity contribution < 1.29 is 31.1 Å². The molecule has 2 aromatic carbocycles. The third-order valence-electron chi connectivity index (χ3n) is 5.24. The topological polar surface area (TPSA) is 84.5 Å². The van der Waals surface area contributed by atoms with Crippen LogP contribution in [0.25, 0.3) is 0 Å². The van der Waals surface area contributed by atoms with Gasteiger partial charge in [-0.1, -0.05) is 19.3 Å². The average Bonchev–Trinajstić information content (AvgIpc) is 2.73. The van der Waals surface area contributed by atoms with Crippen molar-refractivity contribution in [3.8, 4) is 5.75 Å². The van der Waals surface area contributed by atoms with Gasteiger partial charge >= 0.3 is 6.18 Å². The van der Waals surface area contributed by atoms with Gasteiger partial charge in [-0.25, -0.2) is 13.1 Å². The van der Waals surface area contributed by atoms with Crippen molar-refractivity contribution in [1.29, 1.82) is 0 Å². The number of rotatable bonds is 7. The zero-order valence-corrected chi connectivity index (χ0v) is 18.4. The largest absolute Gasteiger partial charge is 0.483 e. The molecule has 2 N–H and O–H groups in total. The van der Waals surface area contributed by atoms with E-state index in [0.717, 1.165) is 56.4 Å². The highest BCUT2D eigenvalue weighted by Gasteiger charge is 2.30. The highest BCUT2D eigenvalue weighted by atomic mass is 32.2. The fourth-order valence-electron chi connectivity index (χ4n) is 3.54. The molecule has 1 fully saturated rings. The van der Waals surface area contributed by atoms with E-state index in [-0.39, 0.29) is 23.2 Å². The molecular formula is C22H25F3N2O4S. The molecule has 1 aliphatic rings. The average molecular weight is 471 g/mol. The van der Waals surface area contributed by atoms with Crippen molar-refractivity contribution >= 4 is 21.6 Å². The molecule has 0 spiro atoms. The van der Waals surface area contributed by atoms with Crippen molar-refractivity contribution in [2.24, 2.45) is 0 Å². The van der Waals surface area contributed by atoms with Crippen LogP contribution >= 0.6 is 0 Å². The molecule has 32 heavy (non-hydrogen) atoms. The van der Waals surface area contributed by atoms with Crippen LogP contribution in [-0.4, -0.2) is 27.0 Å². The number of sulfonamides is 1. The maximum Gasteiger partial charge on any atom is 0.416 e. The van der Waals surface area contributed by atoms with E-state index in [4.69, 9.17) is 4.74 Å². The van der Waals surface area contributed by atoms with Crippen LogP contribution in [-0.2, 0) is 21.0 Å². The molecule has 1 amide bonds. The molecule has 3 rings (SSSR count). The van der Waals surface area contributed by atoms with E-state index in [1.54, 1.807) is 6.92 Å². The standard InChI is InChI=1S/C22H25F3N2O4S/c1-15-13-19(32(29,30)27-18-5-3-2-4-6-18)11-12-20(15)31-14-21(28)26-17-9-7-16(8-10-17)22(23,24)25/h7-13,18,27H,2-6,14H2,1H3,(H,26,28). The van der Waals surface area contributed by atoms with Crippen molar-refractivity contribution in [2.75, 3.05) is 11.9 Å². The summed E-state index contributed by atoms with van der Waals surface area (Å²) in [5, 5.41) is 2.45. The predicted octanol–water partition coefficient (Wildman–Crippen LogP) is 4.64. The number of nitrogens with one attached hydrogen (secondary N) is 2. The minimum atomic E-state index is -4.45. The number of carbonyl (C=O) groups is 1. The van der Waals surface area contributed by atoms with Crippen molar-refractivity contribution in [3.63, 3.8) is 0 Å². The Morgan fingerprint density at radius 1 is 1.06 bits per heavy atom. The summed E-state index contributed by atoms with van der Waals surface area (Å²) in [7, 11) is -3.65. The van der Waals surface area contributed by atoms with Gasteiger partial charge in [0.1, 0.15) is 5.75 Å². The zero-order valence-electron chi connectivity index (χ0n) is 17.5. The fraction of sp³-hybridized carbons (Fsp3) is 0.409. The Kier molecular flexibility index (Phi) is 7.45. The number of halogens is 3. The molecule has 1 saturated carbocycles. The van der Waals surface area contributed by atoms with Crippen LogP contribution in [0.2, 0.25) is 0 Å². The summed E-state index contributed by atoms with van der Waals surface area (Å²) in [6.45, 7) is 1.29. The second-order valence-corrected chi connectivity index (χ2v) is 9.51. The first kappa shape index (κ1) is 24.1. The third kappa shape index (κ3) is 6.46. The molecule has 2 aromatic rings. The molecule has 10 heteroatoms. The van der Waals surface area contributed by atoms with Gasteiger partial charge in [0.25, 0.3) is 5.91 Å². The van der Waals surface area contributed by atoms with Gasteiger partial charge in [-0.3, -0.25) is 4.79 Å². The second-order valence-electron chi connectivity index (χ2n) is 7.80. The van der Waals surface area contributed by atoms with Crippen LogP contribution in [0, 0.1) is 6.92 Å². The van der Waals surface area contributed by atoms with Crippen LogP contribution in [0.5, 0.6) is 5.75 Å². The molecule has 0 aliphatic heterocycles. The first-order valence-corrected chi connectivity index (χ1v) is 11.8. The summed E-state index contributed by atoms with van der Waals surface area (Å²) in [4.78, 5) is 12.2. The molecule has 0 saturated heterocycles. The van der Waals surface area contributed by atoms with E-state index in [0.29, 0.717) is 11.3 Å². The van der Waals surface area contributed by atoms with E-state index >= 15 is 0 Å². The molecule has 1 aliphatic carbocycles. The number of anilines is 1. The smallest absolute Gasteiger partial charge is 0.416 e. The number of alkyl halides is 3. The second kappa shape index (κ2) is 9.91. The van der Waals surface area contributed by atoms with Crippen LogP contribution in [0.1, 0.15) is 43.2 Å².